The summed E-state index contributed by atoms with van der Waals surface area (Å²) in [5.74, 6) is -0.238. The van der Waals surface area contributed by atoms with Crippen molar-refractivity contribution in [3.05, 3.63) is 34.1 Å². The third-order valence-electron chi connectivity index (χ3n) is 2.50. The monoisotopic (exact) mass is 273 g/mol. The van der Waals surface area contributed by atoms with Crippen molar-refractivity contribution in [1.82, 2.24) is 0 Å². The van der Waals surface area contributed by atoms with Crippen molar-refractivity contribution in [3.8, 4) is 0 Å². The van der Waals surface area contributed by atoms with E-state index in [0.29, 0.717) is 4.47 Å². The van der Waals surface area contributed by atoms with E-state index in [0.717, 1.165) is 18.4 Å². The molecule has 0 aliphatic rings. The van der Waals surface area contributed by atoms with E-state index < -0.39 is 0 Å². The Balaban J connectivity index is 2.65. The van der Waals surface area contributed by atoms with Crippen LogP contribution in [-0.4, -0.2) is 0 Å². The third-order valence-corrected chi connectivity index (χ3v) is 3.34. The lowest BCUT2D eigenvalue weighted by Gasteiger charge is -2.13. The Labute approximate surface area is 99.0 Å². The van der Waals surface area contributed by atoms with Gasteiger partial charge in [0.25, 0.3) is 0 Å². The number of hydrogen-bond donors (Lipinski definition) is 1. The van der Waals surface area contributed by atoms with Gasteiger partial charge in [0.2, 0.25) is 0 Å². The predicted octanol–water partition coefficient (Wildman–Crippen LogP) is 4.17. The van der Waals surface area contributed by atoms with E-state index in [2.05, 4.69) is 22.9 Å². The van der Waals surface area contributed by atoms with Crippen LogP contribution in [0.25, 0.3) is 0 Å². The molecular formula is C12H17BrFN. The minimum absolute atomic E-state index is 0.0679. The first-order valence-electron chi connectivity index (χ1n) is 5.36. The zero-order chi connectivity index (χ0) is 11.3. The second kappa shape index (κ2) is 6.23. The number of hydrogen-bond acceptors (Lipinski definition) is 1. The molecule has 1 aromatic rings. The van der Waals surface area contributed by atoms with Crippen LogP contribution in [0.1, 0.15) is 44.2 Å². The highest BCUT2D eigenvalue weighted by molar-refractivity contribution is 9.10. The van der Waals surface area contributed by atoms with Crippen molar-refractivity contribution < 1.29 is 4.39 Å². The largest absolute Gasteiger partial charge is 0.324 e. The van der Waals surface area contributed by atoms with E-state index in [4.69, 9.17) is 5.73 Å². The molecule has 0 bridgehead atoms. The van der Waals surface area contributed by atoms with Gasteiger partial charge in [0.15, 0.2) is 0 Å². The summed E-state index contributed by atoms with van der Waals surface area (Å²) in [7, 11) is 0. The van der Waals surface area contributed by atoms with Gasteiger partial charge in [0.1, 0.15) is 5.82 Å². The molecule has 0 saturated heterocycles. The van der Waals surface area contributed by atoms with E-state index in [9.17, 15) is 4.39 Å². The van der Waals surface area contributed by atoms with Crippen LogP contribution in [0.3, 0.4) is 0 Å². The average molecular weight is 274 g/mol. The molecular weight excluding hydrogens is 257 g/mol. The fourth-order valence-electron chi connectivity index (χ4n) is 1.58. The number of benzene rings is 1. The van der Waals surface area contributed by atoms with E-state index in [1.165, 1.54) is 18.9 Å². The van der Waals surface area contributed by atoms with Crippen LogP contribution in [0.5, 0.6) is 0 Å². The molecule has 0 heterocycles. The third kappa shape index (κ3) is 3.58. The van der Waals surface area contributed by atoms with Crippen molar-refractivity contribution in [2.45, 2.75) is 38.6 Å². The molecule has 0 spiro atoms. The molecule has 2 N–H and O–H groups in total. The van der Waals surface area contributed by atoms with Crippen LogP contribution < -0.4 is 5.73 Å². The fraction of sp³-hybridized carbons (Fsp3) is 0.500. The SMILES string of the molecule is CCCCCC(N)c1cccc(F)c1Br. The highest BCUT2D eigenvalue weighted by Crippen LogP contribution is 2.27. The lowest BCUT2D eigenvalue weighted by molar-refractivity contribution is 0.568. The van der Waals surface area contributed by atoms with Crippen molar-refractivity contribution in [2.24, 2.45) is 5.73 Å². The molecule has 0 aliphatic carbocycles. The molecule has 0 fully saturated rings. The number of nitrogens with two attached hydrogens (primary N) is 1. The van der Waals surface area contributed by atoms with E-state index in [1.807, 2.05) is 6.07 Å². The van der Waals surface area contributed by atoms with Crippen molar-refractivity contribution in [3.63, 3.8) is 0 Å². The molecule has 15 heavy (non-hydrogen) atoms. The topological polar surface area (TPSA) is 26.0 Å². The normalized spacial score (nSPS) is 12.8. The Hall–Kier alpha value is -0.410. The average Bonchev–Trinajstić information content (AvgIpc) is 2.22. The minimum atomic E-state index is -0.238. The summed E-state index contributed by atoms with van der Waals surface area (Å²) < 4.78 is 13.7. The summed E-state index contributed by atoms with van der Waals surface area (Å²) in [4.78, 5) is 0. The first-order chi connectivity index (χ1) is 7.16. The maximum Gasteiger partial charge on any atom is 0.137 e. The first-order valence-corrected chi connectivity index (χ1v) is 6.15. The van der Waals surface area contributed by atoms with Gasteiger partial charge in [0, 0.05) is 6.04 Å². The van der Waals surface area contributed by atoms with Crippen LogP contribution in [0, 0.1) is 5.82 Å². The summed E-state index contributed by atoms with van der Waals surface area (Å²) in [6, 6.07) is 4.95. The molecule has 1 atom stereocenters. The zero-order valence-electron chi connectivity index (χ0n) is 8.97. The Morgan fingerprint density at radius 1 is 1.40 bits per heavy atom. The zero-order valence-corrected chi connectivity index (χ0v) is 10.6. The van der Waals surface area contributed by atoms with Gasteiger partial charge in [-0.25, -0.2) is 4.39 Å². The summed E-state index contributed by atoms with van der Waals surface area (Å²) in [6.45, 7) is 2.16. The Morgan fingerprint density at radius 3 is 2.80 bits per heavy atom. The highest BCUT2D eigenvalue weighted by atomic mass is 79.9. The summed E-state index contributed by atoms with van der Waals surface area (Å²) in [5, 5.41) is 0. The number of halogens is 2. The summed E-state index contributed by atoms with van der Waals surface area (Å²) >= 11 is 3.23. The summed E-state index contributed by atoms with van der Waals surface area (Å²) in [5.41, 5.74) is 6.88. The van der Waals surface area contributed by atoms with Gasteiger partial charge < -0.3 is 5.73 Å². The molecule has 1 unspecified atom stereocenters. The predicted molar refractivity (Wildman–Crippen MR) is 65.2 cm³/mol. The lowest BCUT2D eigenvalue weighted by atomic mass is 10.0. The molecule has 3 heteroatoms. The van der Waals surface area contributed by atoms with Gasteiger partial charge in [0.05, 0.1) is 4.47 Å². The van der Waals surface area contributed by atoms with Crippen LogP contribution in [0.15, 0.2) is 22.7 Å². The van der Waals surface area contributed by atoms with Gasteiger partial charge in [-0.1, -0.05) is 38.3 Å². The van der Waals surface area contributed by atoms with Gasteiger partial charge in [-0.05, 0) is 34.0 Å². The van der Waals surface area contributed by atoms with Crippen LogP contribution >= 0.6 is 15.9 Å². The van der Waals surface area contributed by atoms with Crippen LogP contribution in [0.2, 0.25) is 0 Å². The van der Waals surface area contributed by atoms with Gasteiger partial charge in [-0.15, -0.1) is 0 Å². The molecule has 84 valence electrons. The fourth-order valence-corrected chi connectivity index (χ4v) is 2.13. The Kier molecular flexibility index (Phi) is 5.26. The second-order valence-electron chi connectivity index (χ2n) is 3.75. The molecule has 0 radical (unpaired) electrons. The molecule has 0 aliphatic heterocycles. The minimum Gasteiger partial charge on any atom is -0.324 e. The van der Waals surface area contributed by atoms with E-state index >= 15 is 0 Å². The van der Waals surface area contributed by atoms with Crippen LogP contribution in [-0.2, 0) is 0 Å². The first kappa shape index (κ1) is 12.7. The van der Waals surface area contributed by atoms with Crippen molar-refractivity contribution in [1.29, 1.82) is 0 Å². The maximum absolute atomic E-state index is 13.2. The standard InChI is InChI=1S/C12H17BrFN/c1-2-3-4-8-11(15)9-6-5-7-10(14)12(9)13/h5-7,11H,2-4,8,15H2,1H3. The maximum atomic E-state index is 13.2. The Bertz CT molecular complexity index is 314. The van der Waals surface area contributed by atoms with E-state index in [-0.39, 0.29) is 11.9 Å². The van der Waals surface area contributed by atoms with Gasteiger partial charge in [-0.2, -0.15) is 0 Å². The van der Waals surface area contributed by atoms with Crippen molar-refractivity contribution >= 4 is 15.9 Å². The van der Waals surface area contributed by atoms with Gasteiger partial charge in [-0.3, -0.25) is 0 Å². The summed E-state index contributed by atoms with van der Waals surface area (Å²) in [6.07, 6.45) is 4.37. The van der Waals surface area contributed by atoms with Gasteiger partial charge >= 0.3 is 0 Å². The van der Waals surface area contributed by atoms with E-state index in [1.54, 1.807) is 6.07 Å². The smallest absolute Gasteiger partial charge is 0.137 e. The molecule has 0 saturated carbocycles. The molecule has 0 amide bonds. The molecule has 1 rings (SSSR count). The molecule has 1 aromatic carbocycles. The lowest BCUT2D eigenvalue weighted by Crippen LogP contribution is -2.11. The number of rotatable bonds is 5. The quantitative estimate of drug-likeness (QED) is 0.801. The highest BCUT2D eigenvalue weighted by Gasteiger charge is 2.11. The van der Waals surface area contributed by atoms with Crippen molar-refractivity contribution in [2.75, 3.05) is 0 Å². The van der Waals surface area contributed by atoms with Crippen LogP contribution in [0.4, 0.5) is 4.39 Å². The Morgan fingerprint density at radius 2 is 2.13 bits per heavy atom. The molecule has 1 nitrogen and oxygen atoms in total. The molecule has 0 aromatic heterocycles. The second-order valence-corrected chi connectivity index (χ2v) is 4.54. The number of unbranched alkanes of at least 4 members (excludes halogenated alkanes) is 2.